The average molecular weight is 260 g/mol. The van der Waals surface area contributed by atoms with Crippen LogP contribution in [-0.2, 0) is 10.2 Å². The highest BCUT2D eigenvalue weighted by Gasteiger charge is 2.35. The maximum Gasteiger partial charge on any atom is 0.130 e. The summed E-state index contributed by atoms with van der Waals surface area (Å²) in [7, 11) is 4.20. The molecule has 0 N–H and O–H groups in total. The molecule has 3 heteroatoms. The van der Waals surface area contributed by atoms with Gasteiger partial charge in [-0.15, -0.1) is 0 Å². The summed E-state index contributed by atoms with van der Waals surface area (Å²) in [5.74, 6) is 0. The van der Waals surface area contributed by atoms with Crippen LogP contribution in [0, 0.1) is 0 Å². The van der Waals surface area contributed by atoms with Crippen molar-refractivity contribution >= 4 is 6.29 Å². The first-order valence-corrected chi connectivity index (χ1v) is 7.05. The molecule has 0 unspecified atom stereocenters. The van der Waals surface area contributed by atoms with E-state index in [9.17, 15) is 4.79 Å². The molecule has 1 aliphatic rings. The van der Waals surface area contributed by atoms with Crippen LogP contribution in [0.4, 0.5) is 0 Å². The van der Waals surface area contributed by atoms with Crippen LogP contribution >= 0.6 is 0 Å². The first-order chi connectivity index (χ1) is 9.16. The van der Waals surface area contributed by atoms with Crippen LogP contribution in [0.15, 0.2) is 30.3 Å². The van der Waals surface area contributed by atoms with E-state index < -0.39 is 0 Å². The lowest BCUT2D eigenvalue weighted by atomic mass is 9.74. The summed E-state index contributed by atoms with van der Waals surface area (Å²) < 4.78 is 0. The van der Waals surface area contributed by atoms with Gasteiger partial charge in [-0.25, -0.2) is 0 Å². The highest BCUT2D eigenvalue weighted by molar-refractivity contribution is 5.68. The lowest BCUT2D eigenvalue weighted by Crippen LogP contribution is -2.45. The van der Waals surface area contributed by atoms with Crippen LogP contribution < -0.4 is 0 Å². The molecule has 1 fully saturated rings. The number of likely N-dealkylation sites (tertiary alicyclic amines) is 1. The summed E-state index contributed by atoms with van der Waals surface area (Å²) in [5.41, 5.74) is 0.924. The first kappa shape index (κ1) is 14.2. The predicted octanol–water partition coefficient (Wildman–Crippen LogP) is 1.78. The maximum absolute atomic E-state index is 11.6. The molecule has 0 bridgehead atoms. The summed E-state index contributed by atoms with van der Waals surface area (Å²) in [6.07, 6.45) is 3.05. The number of piperidine rings is 1. The van der Waals surface area contributed by atoms with Gasteiger partial charge in [0.15, 0.2) is 0 Å². The molecule has 0 atom stereocenters. The number of likely N-dealkylation sites (N-methyl/N-ethyl adjacent to an activating group) is 1. The molecule has 0 amide bonds. The quantitative estimate of drug-likeness (QED) is 0.754. The molecule has 1 aromatic carbocycles. The van der Waals surface area contributed by atoms with Gasteiger partial charge in [-0.2, -0.15) is 0 Å². The van der Waals surface area contributed by atoms with Crippen molar-refractivity contribution in [2.75, 3.05) is 40.3 Å². The number of aldehydes is 1. The summed E-state index contributed by atoms with van der Waals surface area (Å²) in [6.45, 7) is 4.21. The Morgan fingerprint density at radius 1 is 1.21 bits per heavy atom. The van der Waals surface area contributed by atoms with Gasteiger partial charge in [0.1, 0.15) is 6.29 Å². The van der Waals surface area contributed by atoms with Gasteiger partial charge in [0.2, 0.25) is 0 Å². The van der Waals surface area contributed by atoms with Gasteiger partial charge >= 0.3 is 0 Å². The highest BCUT2D eigenvalue weighted by Crippen LogP contribution is 2.33. The first-order valence-electron chi connectivity index (χ1n) is 7.05. The highest BCUT2D eigenvalue weighted by atomic mass is 16.1. The average Bonchev–Trinajstić information content (AvgIpc) is 2.46. The van der Waals surface area contributed by atoms with Crippen molar-refractivity contribution in [2.45, 2.75) is 18.3 Å². The summed E-state index contributed by atoms with van der Waals surface area (Å²) in [6, 6.07) is 10.2. The van der Waals surface area contributed by atoms with Crippen LogP contribution in [-0.4, -0.2) is 56.4 Å². The minimum Gasteiger partial charge on any atom is -0.308 e. The number of rotatable bonds is 5. The van der Waals surface area contributed by atoms with E-state index in [0.29, 0.717) is 0 Å². The fraction of sp³-hybridized carbons (Fsp3) is 0.562. The van der Waals surface area contributed by atoms with Gasteiger partial charge in [-0.05, 0) is 45.6 Å². The fourth-order valence-corrected chi connectivity index (χ4v) is 2.76. The monoisotopic (exact) mass is 260 g/mol. The number of benzene rings is 1. The molecule has 0 aliphatic carbocycles. The Bertz CT molecular complexity index is 394. The van der Waals surface area contributed by atoms with Gasteiger partial charge in [0.25, 0.3) is 0 Å². The van der Waals surface area contributed by atoms with Gasteiger partial charge in [-0.1, -0.05) is 30.3 Å². The molecule has 0 spiro atoms. The van der Waals surface area contributed by atoms with Crippen LogP contribution in [0.2, 0.25) is 0 Å². The van der Waals surface area contributed by atoms with Gasteiger partial charge in [0, 0.05) is 13.1 Å². The fourth-order valence-electron chi connectivity index (χ4n) is 2.76. The Balaban J connectivity index is 1.98. The van der Waals surface area contributed by atoms with Gasteiger partial charge in [-0.3, -0.25) is 0 Å². The minimum atomic E-state index is -0.254. The molecule has 19 heavy (non-hydrogen) atoms. The van der Waals surface area contributed by atoms with Crippen molar-refractivity contribution in [3.05, 3.63) is 35.9 Å². The van der Waals surface area contributed by atoms with Crippen molar-refractivity contribution < 1.29 is 4.79 Å². The van der Waals surface area contributed by atoms with Crippen LogP contribution in [0.3, 0.4) is 0 Å². The third-order valence-corrected chi connectivity index (χ3v) is 4.19. The van der Waals surface area contributed by atoms with Crippen molar-refractivity contribution in [3.63, 3.8) is 0 Å². The molecule has 0 saturated carbocycles. The number of hydrogen-bond acceptors (Lipinski definition) is 3. The van der Waals surface area contributed by atoms with Gasteiger partial charge in [0.05, 0.1) is 5.41 Å². The lowest BCUT2D eigenvalue weighted by Gasteiger charge is -2.39. The van der Waals surface area contributed by atoms with Crippen molar-refractivity contribution in [1.29, 1.82) is 0 Å². The Morgan fingerprint density at radius 3 is 2.37 bits per heavy atom. The minimum absolute atomic E-state index is 0.254. The van der Waals surface area contributed by atoms with E-state index in [4.69, 9.17) is 0 Å². The Hall–Kier alpha value is -1.19. The molecular weight excluding hydrogens is 236 g/mol. The predicted molar refractivity (Wildman–Crippen MR) is 78.4 cm³/mol. The van der Waals surface area contributed by atoms with Crippen molar-refractivity contribution in [2.24, 2.45) is 0 Å². The van der Waals surface area contributed by atoms with E-state index in [1.54, 1.807) is 0 Å². The second-order valence-electron chi connectivity index (χ2n) is 5.78. The normalized spacial score (nSPS) is 19.5. The second-order valence-corrected chi connectivity index (χ2v) is 5.78. The molecule has 1 aliphatic heterocycles. The Labute approximate surface area is 116 Å². The van der Waals surface area contributed by atoms with Crippen molar-refractivity contribution in [1.82, 2.24) is 9.80 Å². The molecule has 1 aromatic rings. The Morgan fingerprint density at radius 2 is 1.84 bits per heavy atom. The smallest absolute Gasteiger partial charge is 0.130 e. The molecule has 2 rings (SSSR count). The van der Waals surface area contributed by atoms with E-state index in [2.05, 4.69) is 36.0 Å². The second kappa shape index (κ2) is 6.31. The largest absolute Gasteiger partial charge is 0.308 e. The maximum atomic E-state index is 11.6. The molecule has 1 heterocycles. The topological polar surface area (TPSA) is 23.6 Å². The third kappa shape index (κ3) is 3.43. The van der Waals surface area contributed by atoms with E-state index in [0.717, 1.165) is 39.0 Å². The number of hydrogen-bond donors (Lipinski definition) is 0. The summed E-state index contributed by atoms with van der Waals surface area (Å²) in [5, 5.41) is 0. The molecule has 0 radical (unpaired) electrons. The Kier molecular flexibility index (Phi) is 4.72. The van der Waals surface area contributed by atoms with Gasteiger partial charge < -0.3 is 14.6 Å². The van der Waals surface area contributed by atoms with Crippen LogP contribution in [0.25, 0.3) is 0 Å². The standard InChI is InChI=1S/C16H24N2O/c1-17(2)12-13-18-10-8-16(14-19,9-11-18)15-6-4-3-5-7-15/h3-7,14H,8-13H2,1-2H3. The number of carbonyl (C=O) groups is 1. The lowest BCUT2D eigenvalue weighted by molar-refractivity contribution is -0.114. The van der Waals surface area contributed by atoms with E-state index in [-0.39, 0.29) is 5.41 Å². The zero-order valence-corrected chi connectivity index (χ0v) is 12.0. The van der Waals surface area contributed by atoms with E-state index in [1.165, 1.54) is 11.8 Å². The zero-order valence-electron chi connectivity index (χ0n) is 12.0. The molecule has 0 aromatic heterocycles. The molecule has 104 valence electrons. The molecule has 3 nitrogen and oxygen atoms in total. The van der Waals surface area contributed by atoms with Crippen LogP contribution in [0.1, 0.15) is 18.4 Å². The third-order valence-electron chi connectivity index (χ3n) is 4.19. The van der Waals surface area contributed by atoms with Crippen molar-refractivity contribution in [3.8, 4) is 0 Å². The zero-order chi connectivity index (χ0) is 13.7. The SMILES string of the molecule is CN(C)CCN1CCC(C=O)(c2ccccc2)CC1. The van der Waals surface area contributed by atoms with E-state index in [1.807, 2.05) is 18.2 Å². The molecular formula is C16H24N2O. The summed E-state index contributed by atoms with van der Waals surface area (Å²) >= 11 is 0. The number of carbonyl (C=O) groups excluding carboxylic acids is 1. The van der Waals surface area contributed by atoms with E-state index >= 15 is 0 Å². The number of nitrogens with zero attached hydrogens (tertiary/aromatic N) is 2. The van der Waals surface area contributed by atoms with Crippen LogP contribution in [0.5, 0.6) is 0 Å². The summed E-state index contributed by atoms with van der Waals surface area (Å²) in [4.78, 5) is 16.3. The molecule has 1 saturated heterocycles.